The number of fused-ring (bicyclic) bond motifs is 1. The zero-order valence-corrected chi connectivity index (χ0v) is 12.4. The highest BCUT2D eigenvalue weighted by molar-refractivity contribution is 6.22. The summed E-state index contributed by atoms with van der Waals surface area (Å²) in [6.45, 7) is 5.55. The lowest BCUT2D eigenvalue weighted by Gasteiger charge is -2.37. The predicted molar refractivity (Wildman–Crippen MR) is 77.1 cm³/mol. The molecule has 0 saturated heterocycles. The van der Waals surface area contributed by atoms with Crippen LogP contribution < -0.4 is 0 Å². The van der Waals surface area contributed by atoms with Crippen molar-refractivity contribution in [3.8, 4) is 0 Å². The van der Waals surface area contributed by atoms with E-state index in [-0.39, 0.29) is 11.1 Å². The number of carbonyl (C=O) groups excluding carboxylic acids is 2. The fourth-order valence-electron chi connectivity index (χ4n) is 2.80. The van der Waals surface area contributed by atoms with Crippen LogP contribution in [0.1, 0.15) is 54.3 Å². The van der Waals surface area contributed by atoms with Gasteiger partial charge < -0.3 is 5.11 Å². The minimum atomic E-state index is -1.15. The summed E-state index contributed by atoms with van der Waals surface area (Å²) in [7, 11) is 0. The average Bonchev–Trinajstić information content (AvgIpc) is 2.72. The van der Waals surface area contributed by atoms with Gasteiger partial charge in [0.15, 0.2) is 0 Å². The van der Waals surface area contributed by atoms with Crippen molar-refractivity contribution in [1.82, 2.24) is 4.90 Å². The first-order valence-corrected chi connectivity index (χ1v) is 7.07. The molecule has 112 valence electrons. The van der Waals surface area contributed by atoms with E-state index in [0.717, 1.165) is 4.90 Å². The van der Waals surface area contributed by atoms with Crippen molar-refractivity contribution in [3.63, 3.8) is 0 Å². The van der Waals surface area contributed by atoms with Crippen molar-refractivity contribution in [2.45, 2.75) is 39.7 Å². The first kappa shape index (κ1) is 15.2. The van der Waals surface area contributed by atoms with Gasteiger partial charge in [0.25, 0.3) is 11.8 Å². The number of carboxylic acids is 1. The molecule has 0 spiro atoms. The van der Waals surface area contributed by atoms with Crippen LogP contribution in [-0.2, 0) is 4.79 Å². The number of benzene rings is 1. The van der Waals surface area contributed by atoms with Gasteiger partial charge >= 0.3 is 5.97 Å². The Labute approximate surface area is 123 Å². The van der Waals surface area contributed by atoms with Gasteiger partial charge in [-0.3, -0.25) is 14.5 Å². The normalized spacial score (nSPS) is 16.0. The maximum atomic E-state index is 12.5. The van der Waals surface area contributed by atoms with E-state index >= 15 is 0 Å². The Morgan fingerprint density at radius 3 is 1.90 bits per heavy atom. The molecule has 5 nitrogen and oxygen atoms in total. The van der Waals surface area contributed by atoms with Crippen LogP contribution in [0.25, 0.3) is 0 Å². The van der Waals surface area contributed by atoms with Crippen molar-refractivity contribution < 1.29 is 19.5 Å². The van der Waals surface area contributed by atoms with Crippen molar-refractivity contribution in [3.05, 3.63) is 35.4 Å². The monoisotopic (exact) mass is 289 g/mol. The summed E-state index contributed by atoms with van der Waals surface area (Å²) < 4.78 is 0. The fourth-order valence-corrected chi connectivity index (χ4v) is 2.80. The van der Waals surface area contributed by atoms with Gasteiger partial charge in [-0.15, -0.1) is 0 Å². The third-order valence-corrected chi connectivity index (χ3v) is 4.59. The van der Waals surface area contributed by atoms with Crippen LogP contribution in [0.15, 0.2) is 24.3 Å². The molecule has 0 fully saturated rings. The van der Waals surface area contributed by atoms with E-state index in [1.807, 2.05) is 13.8 Å². The maximum absolute atomic E-state index is 12.5. The van der Waals surface area contributed by atoms with Gasteiger partial charge in [0.05, 0.1) is 11.1 Å². The summed E-state index contributed by atoms with van der Waals surface area (Å²) in [5.41, 5.74) is -0.0919. The van der Waals surface area contributed by atoms with Crippen LogP contribution in [0.3, 0.4) is 0 Å². The molecule has 1 unspecified atom stereocenters. The lowest BCUT2D eigenvalue weighted by atomic mass is 9.76. The number of amides is 2. The third-order valence-electron chi connectivity index (χ3n) is 4.59. The lowest BCUT2D eigenvalue weighted by molar-refractivity contribution is -0.146. The van der Waals surface area contributed by atoms with E-state index in [0.29, 0.717) is 12.8 Å². The van der Waals surface area contributed by atoms with E-state index in [1.165, 1.54) is 0 Å². The third kappa shape index (κ3) is 2.22. The summed E-state index contributed by atoms with van der Waals surface area (Å²) in [4.78, 5) is 37.6. The van der Waals surface area contributed by atoms with E-state index in [4.69, 9.17) is 0 Å². The first-order valence-electron chi connectivity index (χ1n) is 7.07. The van der Waals surface area contributed by atoms with E-state index in [1.54, 1.807) is 31.2 Å². The Kier molecular flexibility index (Phi) is 3.85. The van der Waals surface area contributed by atoms with Gasteiger partial charge in [-0.25, -0.2) is 4.79 Å². The van der Waals surface area contributed by atoms with Gasteiger partial charge in [-0.1, -0.05) is 32.9 Å². The molecule has 0 saturated carbocycles. The molecule has 5 heteroatoms. The van der Waals surface area contributed by atoms with Crippen molar-refractivity contribution in [2.75, 3.05) is 0 Å². The smallest absolute Gasteiger partial charge is 0.327 e. The summed E-state index contributed by atoms with van der Waals surface area (Å²) in [5.74, 6) is -2.18. The zero-order valence-electron chi connectivity index (χ0n) is 12.4. The molecule has 1 N–H and O–H groups in total. The maximum Gasteiger partial charge on any atom is 0.327 e. The number of carbonyl (C=O) groups is 3. The molecule has 0 aromatic heterocycles. The molecule has 0 aliphatic carbocycles. The summed E-state index contributed by atoms with van der Waals surface area (Å²) in [5, 5.41) is 9.60. The second-order valence-electron chi connectivity index (χ2n) is 5.63. The standard InChI is InChI=1S/C16H19NO4/c1-4-16(3,5-2)12(15(20)21)17-13(18)10-8-6-7-9-11(10)14(17)19/h6-9,12H,4-5H2,1-3H3,(H,20,21). The number of nitrogens with zero attached hydrogens (tertiary/aromatic N) is 1. The summed E-state index contributed by atoms with van der Waals surface area (Å²) >= 11 is 0. The Morgan fingerprint density at radius 1 is 1.14 bits per heavy atom. The molecule has 1 aromatic carbocycles. The van der Waals surface area contributed by atoms with Gasteiger partial charge in [-0.05, 0) is 30.4 Å². The second-order valence-corrected chi connectivity index (χ2v) is 5.63. The Bertz CT molecular complexity index is 569. The van der Waals surface area contributed by atoms with Crippen LogP contribution in [0.2, 0.25) is 0 Å². The lowest BCUT2D eigenvalue weighted by Crippen LogP contribution is -2.53. The molecule has 1 atom stereocenters. The molecule has 0 bridgehead atoms. The van der Waals surface area contributed by atoms with E-state index in [2.05, 4.69) is 0 Å². The topological polar surface area (TPSA) is 74.7 Å². The van der Waals surface area contributed by atoms with Crippen molar-refractivity contribution >= 4 is 17.8 Å². The number of aliphatic carboxylic acids is 1. The minimum absolute atomic E-state index is 0.281. The fraction of sp³-hybridized carbons (Fsp3) is 0.438. The predicted octanol–water partition coefficient (Wildman–Crippen LogP) is 2.56. The molecule has 2 rings (SSSR count). The van der Waals surface area contributed by atoms with Crippen LogP contribution in [0, 0.1) is 5.41 Å². The van der Waals surface area contributed by atoms with E-state index in [9.17, 15) is 19.5 Å². The second kappa shape index (κ2) is 5.31. The highest BCUT2D eigenvalue weighted by Gasteiger charge is 2.49. The summed E-state index contributed by atoms with van der Waals surface area (Å²) in [6.07, 6.45) is 1.13. The van der Waals surface area contributed by atoms with Crippen LogP contribution >= 0.6 is 0 Å². The first-order chi connectivity index (χ1) is 9.87. The number of imide groups is 1. The molecule has 0 radical (unpaired) electrons. The number of hydrogen-bond donors (Lipinski definition) is 1. The summed E-state index contributed by atoms with van der Waals surface area (Å²) in [6, 6.07) is 5.30. The molecular weight excluding hydrogens is 270 g/mol. The zero-order chi connectivity index (χ0) is 15.8. The van der Waals surface area contributed by atoms with Gasteiger partial charge in [-0.2, -0.15) is 0 Å². The Hall–Kier alpha value is -2.17. The Balaban J connectivity index is 2.52. The van der Waals surface area contributed by atoms with E-state index < -0.39 is 29.2 Å². The quantitative estimate of drug-likeness (QED) is 0.845. The van der Waals surface area contributed by atoms with Crippen molar-refractivity contribution in [1.29, 1.82) is 0 Å². The van der Waals surface area contributed by atoms with Gasteiger partial charge in [0.1, 0.15) is 6.04 Å². The average molecular weight is 289 g/mol. The van der Waals surface area contributed by atoms with Gasteiger partial charge in [0, 0.05) is 0 Å². The van der Waals surface area contributed by atoms with Crippen LogP contribution in [0.5, 0.6) is 0 Å². The molecule has 1 aliphatic rings. The largest absolute Gasteiger partial charge is 0.480 e. The van der Waals surface area contributed by atoms with Crippen molar-refractivity contribution in [2.24, 2.45) is 5.41 Å². The van der Waals surface area contributed by atoms with Gasteiger partial charge in [0.2, 0.25) is 0 Å². The van der Waals surface area contributed by atoms with Crippen LogP contribution in [-0.4, -0.2) is 33.8 Å². The number of hydrogen-bond acceptors (Lipinski definition) is 3. The highest BCUT2D eigenvalue weighted by Crippen LogP contribution is 2.37. The molecular formula is C16H19NO4. The molecule has 1 aliphatic heterocycles. The number of carboxylic acid groups (broad SMARTS) is 1. The molecule has 2 amide bonds. The van der Waals surface area contributed by atoms with Crippen LogP contribution in [0.4, 0.5) is 0 Å². The molecule has 1 aromatic rings. The number of rotatable bonds is 5. The minimum Gasteiger partial charge on any atom is -0.480 e. The molecule has 21 heavy (non-hydrogen) atoms. The SMILES string of the molecule is CCC(C)(CC)C(C(=O)O)N1C(=O)c2ccccc2C1=O. The Morgan fingerprint density at radius 2 is 1.57 bits per heavy atom. The molecule has 1 heterocycles. The highest BCUT2D eigenvalue weighted by atomic mass is 16.4.